The van der Waals surface area contributed by atoms with E-state index in [0.29, 0.717) is 24.7 Å². The Labute approximate surface area is 152 Å². The number of carbonyl (C=O) groups excluding carboxylic acids is 1. The molecule has 0 saturated carbocycles. The van der Waals surface area contributed by atoms with Gasteiger partial charge in [0.15, 0.2) is 0 Å². The molecule has 1 unspecified atom stereocenters. The number of ether oxygens (including phenoxy) is 1. The van der Waals surface area contributed by atoms with Gasteiger partial charge in [0, 0.05) is 44.5 Å². The van der Waals surface area contributed by atoms with Crippen LogP contribution in [0, 0.1) is 0 Å². The zero-order valence-electron chi connectivity index (χ0n) is 14.6. The fourth-order valence-corrected chi connectivity index (χ4v) is 3.44. The molecule has 8 heteroatoms. The van der Waals surface area contributed by atoms with E-state index in [-0.39, 0.29) is 12.0 Å². The lowest BCUT2D eigenvalue weighted by Crippen LogP contribution is -2.32. The van der Waals surface area contributed by atoms with Crippen LogP contribution in [-0.2, 0) is 0 Å². The molecular weight excluding hydrogens is 332 g/mol. The average molecular weight is 354 g/mol. The van der Waals surface area contributed by atoms with Crippen molar-refractivity contribution in [2.45, 2.75) is 31.8 Å². The van der Waals surface area contributed by atoms with E-state index < -0.39 is 0 Å². The number of hydrogen-bond donors (Lipinski definition) is 0. The Kier molecular flexibility index (Phi) is 4.90. The summed E-state index contributed by atoms with van der Waals surface area (Å²) in [6.07, 6.45) is 10.5. The van der Waals surface area contributed by atoms with Crippen molar-refractivity contribution < 1.29 is 9.53 Å². The minimum absolute atomic E-state index is 0.0697. The van der Waals surface area contributed by atoms with E-state index in [1.165, 1.54) is 31.7 Å². The first-order chi connectivity index (χ1) is 12.8. The summed E-state index contributed by atoms with van der Waals surface area (Å²) in [5, 5.41) is 0. The van der Waals surface area contributed by atoms with E-state index in [9.17, 15) is 4.79 Å². The van der Waals surface area contributed by atoms with Crippen LogP contribution in [0.5, 0.6) is 5.88 Å². The van der Waals surface area contributed by atoms with E-state index in [1.807, 2.05) is 6.07 Å². The Bertz CT molecular complexity index is 750. The maximum atomic E-state index is 12.4. The van der Waals surface area contributed by atoms with Crippen molar-refractivity contribution in [2.24, 2.45) is 0 Å². The summed E-state index contributed by atoms with van der Waals surface area (Å²) in [6, 6.07) is 1.90. The van der Waals surface area contributed by atoms with Gasteiger partial charge in [-0.3, -0.25) is 9.78 Å². The molecule has 0 spiro atoms. The van der Waals surface area contributed by atoms with Crippen LogP contribution in [0.1, 0.15) is 36.2 Å². The van der Waals surface area contributed by atoms with Gasteiger partial charge in [0.25, 0.3) is 5.91 Å². The van der Waals surface area contributed by atoms with Crippen LogP contribution in [0.2, 0.25) is 0 Å². The molecule has 2 aliphatic heterocycles. The number of amides is 1. The van der Waals surface area contributed by atoms with Crippen molar-refractivity contribution in [2.75, 3.05) is 31.1 Å². The van der Waals surface area contributed by atoms with E-state index >= 15 is 0 Å². The SMILES string of the molecule is O=C(c1cnccn1)N1CCC(Oc2cc(N3CCCCC3)ncn2)C1. The van der Waals surface area contributed by atoms with Crippen LogP contribution in [-0.4, -0.2) is 63.0 Å². The van der Waals surface area contributed by atoms with Gasteiger partial charge in [-0.15, -0.1) is 0 Å². The van der Waals surface area contributed by atoms with Crippen LogP contribution < -0.4 is 9.64 Å². The first kappa shape index (κ1) is 16.7. The molecule has 2 aromatic rings. The third-order valence-electron chi connectivity index (χ3n) is 4.81. The van der Waals surface area contributed by atoms with Crippen molar-refractivity contribution in [3.8, 4) is 5.88 Å². The Morgan fingerprint density at radius 2 is 1.96 bits per heavy atom. The molecule has 0 radical (unpaired) electrons. The molecule has 136 valence electrons. The predicted octanol–water partition coefficient (Wildman–Crippen LogP) is 1.55. The zero-order valence-corrected chi connectivity index (χ0v) is 14.6. The summed E-state index contributed by atoms with van der Waals surface area (Å²) in [6.45, 7) is 3.23. The van der Waals surface area contributed by atoms with Crippen LogP contribution >= 0.6 is 0 Å². The molecule has 26 heavy (non-hydrogen) atoms. The molecule has 0 aromatic carbocycles. The van der Waals surface area contributed by atoms with Gasteiger partial charge in [-0.1, -0.05) is 0 Å². The predicted molar refractivity (Wildman–Crippen MR) is 95.1 cm³/mol. The molecule has 1 atom stereocenters. The number of likely N-dealkylation sites (tertiary alicyclic amines) is 1. The van der Waals surface area contributed by atoms with Crippen LogP contribution in [0.4, 0.5) is 5.82 Å². The van der Waals surface area contributed by atoms with Crippen molar-refractivity contribution >= 4 is 11.7 Å². The zero-order chi connectivity index (χ0) is 17.8. The summed E-state index contributed by atoms with van der Waals surface area (Å²) in [5.41, 5.74) is 0.363. The van der Waals surface area contributed by atoms with Crippen molar-refractivity contribution in [1.82, 2.24) is 24.8 Å². The molecule has 4 rings (SSSR count). The van der Waals surface area contributed by atoms with Crippen molar-refractivity contribution in [1.29, 1.82) is 0 Å². The summed E-state index contributed by atoms with van der Waals surface area (Å²) in [4.78, 5) is 33.1. The second-order valence-electron chi connectivity index (χ2n) is 6.63. The molecule has 2 fully saturated rings. The highest BCUT2D eigenvalue weighted by atomic mass is 16.5. The fraction of sp³-hybridized carbons (Fsp3) is 0.500. The van der Waals surface area contributed by atoms with E-state index in [0.717, 1.165) is 25.3 Å². The highest BCUT2D eigenvalue weighted by molar-refractivity contribution is 5.92. The van der Waals surface area contributed by atoms with Gasteiger partial charge >= 0.3 is 0 Å². The largest absolute Gasteiger partial charge is 0.472 e. The summed E-state index contributed by atoms with van der Waals surface area (Å²) >= 11 is 0. The number of nitrogens with zero attached hydrogens (tertiary/aromatic N) is 6. The minimum Gasteiger partial charge on any atom is -0.472 e. The lowest BCUT2D eigenvalue weighted by molar-refractivity contribution is 0.0765. The van der Waals surface area contributed by atoms with Gasteiger partial charge in [-0.2, -0.15) is 0 Å². The molecule has 0 N–H and O–H groups in total. The molecule has 8 nitrogen and oxygen atoms in total. The van der Waals surface area contributed by atoms with Crippen molar-refractivity contribution in [3.05, 3.63) is 36.7 Å². The first-order valence-electron chi connectivity index (χ1n) is 9.08. The minimum atomic E-state index is -0.110. The smallest absolute Gasteiger partial charge is 0.274 e. The standard InChI is InChI=1S/C18H22N6O2/c25-18(15-11-19-5-6-20-15)24-9-4-14(12-24)26-17-10-16(21-13-22-17)23-7-2-1-3-8-23/h5-6,10-11,13-14H,1-4,7-9,12H2. The maximum Gasteiger partial charge on any atom is 0.274 e. The fourth-order valence-electron chi connectivity index (χ4n) is 3.44. The number of hydrogen-bond acceptors (Lipinski definition) is 7. The lowest BCUT2D eigenvalue weighted by Gasteiger charge is -2.27. The molecule has 2 saturated heterocycles. The highest BCUT2D eigenvalue weighted by Crippen LogP contribution is 2.23. The molecule has 0 bridgehead atoms. The van der Waals surface area contributed by atoms with Crippen LogP contribution in [0.3, 0.4) is 0 Å². The Morgan fingerprint density at radius 1 is 1.08 bits per heavy atom. The molecule has 4 heterocycles. The van der Waals surface area contributed by atoms with Crippen LogP contribution in [0.15, 0.2) is 31.0 Å². The normalized spacial score (nSPS) is 20.2. The molecule has 1 amide bonds. The summed E-state index contributed by atoms with van der Waals surface area (Å²) in [7, 11) is 0. The Balaban J connectivity index is 1.37. The number of carbonyl (C=O) groups is 1. The lowest BCUT2D eigenvalue weighted by atomic mass is 10.1. The van der Waals surface area contributed by atoms with Gasteiger partial charge in [-0.05, 0) is 19.3 Å². The highest BCUT2D eigenvalue weighted by Gasteiger charge is 2.29. The van der Waals surface area contributed by atoms with Crippen LogP contribution in [0.25, 0.3) is 0 Å². The quantitative estimate of drug-likeness (QED) is 0.823. The van der Waals surface area contributed by atoms with Gasteiger partial charge in [0.2, 0.25) is 5.88 Å². The molecular formula is C18H22N6O2. The second-order valence-corrected chi connectivity index (χ2v) is 6.63. The van der Waals surface area contributed by atoms with E-state index in [1.54, 1.807) is 17.4 Å². The van der Waals surface area contributed by atoms with Gasteiger partial charge in [0.05, 0.1) is 12.7 Å². The van der Waals surface area contributed by atoms with Gasteiger partial charge in [-0.25, -0.2) is 15.0 Å². The summed E-state index contributed by atoms with van der Waals surface area (Å²) in [5.74, 6) is 1.38. The first-order valence-corrected chi connectivity index (χ1v) is 9.08. The third kappa shape index (κ3) is 3.74. The number of piperidine rings is 1. The Morgan fingerprint density at radius 3 is 2.77 bits per heavy atom. The number of anilines is 1. The molecule has 2 aliphatic rings. The van der Waals surface area contributed by atoms with Gasteiger partial charge < -0.3 is 14.5 Å². The second kappa shape index (κ2) is 7.63. The summed E-state index contributed by atoms with van der Waals surface area (Å²) < 4.78 is 6.02. The monoisotopic (exact) mass is 354 g/mol. The molecule has 0 aliphatic carbocycles. The number of rotatable bonds is 4. The third-order valence-corrected chi connectivity index (χ3v) is 4.81. The van der Waals surface area contributed by atoms with Gasteiger partial charge in [0.1, 0.15) is 23.9 Å². The average Bonchev–Trinajstić information content (AvgIpc) is 3.17. The van der Waals surface area contributed by atoms with E-state index in [4.69, 9.17) is 4.74 Å². The topological polar surface area (TPSA) is 84.3 Å². The Hall–Kier alpha value is -2.77. The number of aromatic nitrogens is 4. The maximum absolute atomic E-state index is 12.4. The van der Waals surface area contributed by atoms with Crippen molar-refractivity contribution in [3.63, 3.8) is 0 Å². The molecule has 2 aromatic heterocycles. The van der Waals surface area contributed by atoms with E-state index in [2.05, 4.69) is 24.8 Å².